The molecule has 0 radical (unpaired) electrons. The fourth-order valence-corrected chi connectivity index (χ4v) is 4.91. The van der Waals surface area contributed by atoms with E-state index in [1.165, 1.54) is 38.0 Å². The zero-order valence-electron chi connectivity index (χ0n) is 10.0. The normalized spacial score (nSPS) is 38.8. The van der Waals surface area contributed by atoms with Crippen LogP contribution in [0.1, 0.15) is 19.3 Å². The molecule has 1 nitrogen and oxygen atoms in total. The number of anilines is 1. The fourth-order valence-electron chi connectivity index (χ4n) is 4.61. The highest BCUT2D eigenvalue weighted by Gasteiger charge is 2.51. The average molecular weight is 245 g/mol. The van der Waals surface area contributed by atoms with Crippen molar-refractivity contribution in [1.29, 1.82) is 0 Å². The van der Waals surface area contributed by atoms with Crippen LogP contribution in [0.2, 0.25) is 0 Å². The van der Waals surface area contributed by atoms with Gasteiger partial charge in [0.2, 0.25) is 0 Å². The van der Waals surface area contributed by atoms with Crippen molar-refractivity contribution in [3.05, 3.63) is 24.3 Å². The molecule has 4 atom stereocenters. The lowest BCUT2D eigenvalue weighted by molar-refractivity contribution is 0.281. The Bertz CT molecular complexity index is 426. The summed E-state index contributed by atoms with van der Waals surface area (Å²) >= 11 is 4.60. The van der Waals surface area contributed by atoms with Crippen LogP contribution in [0.4, 0.5) is 5.69 Å². The van der Waals surface area contributed by atoms with Crippen molar-refractivity contribution in [2.75, 3.05) is 18.0 Å². The van der Waals surface area contributed by atoms with Gasteiger partial charge in [-0.2, -0.15) is 0 Å². The number of benzene rings is 1. The van der Waals surface area contributed by atoms with Crippen LogP contribution in [0, 0.1) is 23.7 Å². The van der Waals surface area contributed by atoms with Crippen LogP contribution in [0.3, 0.4) is 0 Å². The highest BCUT2D eigenvalue weighted by Crippen LogP contribution is 2.55. The third-order valence-electron chi connectivity index (χ3n) is 5.36. The molecule has 1 aromatic carbocycles. The SMILES string of the molecule is Sc1ccccc1N1CC2C3CCC(C3)C2C1. The van der Waals surface area contributed by atoms with E-state index in [0.717, 1.165) is 28.6 Å². The van der Waals surface area contributed by atoms with Crippen LogP contribution in [0.25, 0.3) is 0 Å². The molecule has 0 amide bonds. The van der Waals surface area contributed by atoms with E-state index in [-0.39, 0.29) is 0 Å². The van der Waals surface area contributed by atoms with Gasteiger partial charge >= 0.3 is 0 Å². The van der Waals surface area contributed by atoms with Gasteiger partial charge in [-0.05, 0) is 55.1 Å². The molecule has 2 bridgehead atoms. The summed E-state index contributed by atoms with van der Waals surface area (Å²) in [6, 6.07) is 8.55. The Morgan fingerprint density at radius 2 is 1.65 bits per heavy atom. The largest absolute Gasteiger partial charge is 0.370 e. The van der Waals surface area contributed by atoms with Crippen LogP contribution < -0.4 is 4.90 Å². The van der Waals surface area contributed by atoms with Crippen LogP contribution >= 0.6 is 12.6 Å². The van der Waals surface area contributed by atoms with Gasteiger partial charge in [-0.3, -0.25) is 0 Å². The Labute approximate surface area is 109 Å². The summed E-state index contributed by atoms with van der Waals surface area (Å²) < 4.78 is 0. The predicted molar refractivity (Wildman–Crippen MR) is 73.7 cm³/mol. The second-order valence-electron chi connectivity index (χ2n) is 6.05. The summed E-state index contributed by atoms with van der Waals surface area (Å²) in [7, 11) is 0. The highest BCUT2D eigenvalue weighted by atomic mass is 32.1. The molecule has 90 valence electrons. The van der Waals surface area contributed by atoms with Gasteiger partial charge < -0.3 is 4.90 Å². The van der Waals surface area contributed by atoms with Crippen molar-refractivity contribution in [1.82, 2.24) is 0 Å². The maximum atomic E-state index is 4.60. The maximum Gasteiger partial charge on any atom is 0.0501 e. The highest BCUT2D eigenvalue weighted by molar-refractivity contribution is 7.80. The third kappa shape index (κ3) is 1.46. The first kappa shape index (κ1) is 10.3. The summed E-state index contributed by atoms with van der Waals surface area (Å²) in [5, 5.41) is 0. The molecular weight excluding hydrogens is 226 g/mol. The number of para-hydroxylation sites is 1. The standard InChI is InChI=1S/C15H19NS/c17-15-4-2-1-3-14(15)16-8-12-10-5-6-11(7-10)13(12)9-16/h1-4,10-13,17H,5-9H2. The molecule has 3 aliphatic rings. The lowest BCUT2D eigenvalue weighted by Gasteiger charge is -2.22. The van der Waals surface area contributed by atoms with Crippen molar-refractivity contribution in [2.24, 2.45) is 23.7 Å². The van der Waals surface area contributed by atoms with Gasteiger partial charge in [-0.1, -0.05) is 12.1 Å². The Hall–Kier alpha value is -0.630. The van der Waals surface area contributed by atoms with Crippen molar-refractivity contribution in [2.45, 2.75) is 24.2 Å². The Balaban J connectivity index is 1.61. The minimum atomic E-state index is 0.988. The molecule has 1 aliphatic heterocycles. The summed E-state index contributed by atoms with van der Waals surface area (Å²) in [5.74, 6) is 4.06. The molecule has 4 unspecified atom stereocenters. The summed E-state index contributed by atoms with van der Waals surface area (Å²) in [4.78, 5) is 3.72. The zero-order valence-corrected chi connectivity index (χ0v) is 10.9. The van der Waals surface area contributed by atoms with E-state index in [9.17, 15) is 0 Å². The van der Waals surface area contributed by atoms with Gasteiger partial charge in [-0.25, -0.2) is 0 Å². The minimum Gasteiger partial charge on any atom is -0.370 e. The first-order valence-corrected chi connectivity index (χ1v) is 7.30. The van der Waals surface area contributed by atoms with Gasteiger partial charge in [0, 0.05) is 18.0 Å². The smallest absolute Gasteiger partial charge is 0.0501 e. The maximum absolute atomic E-state index is 4.60. The number of thiol groups is 1. The molecule has 0 aromatic heterocycles. The van der Waals surface area contributed by atoms with E-state index in [0.29, 0.717) is 0 Å². The lowest BCUT2D eigenvalue weighted by atomic mass is 9.82. The number of fused-ring (bicyclic) bond motifs is 5. The Morgan fingerprint density at radius 3 is 2.29 bits per heavy atom. The Kier molecular flexibility index (Phi) is 2.23. The second-order valence-corrected chi connectivity index (χ2v) is 6.54. The quantitative estimate of drug-likeness (QED) is 0.742. The number of rotatable bonds is 1. The molecule has 1 heterocycles. The van der Waals surface area contributed by atoms with Crippen LogP contribution in [-0.2, 0) is 0 Å². The molecule has 1 aromatic rings. The van der Waals surface area contributed by atoms with Crippen molar-refractivity contribution in [3.8, 4) is 0 Å². The van der Waals surface area contributed by atoms with E-state index in [2.05, 4.69) is 41.8 Å². The van der Waals surface area contributed by atoms with Gasteiger partial charge in [0.1, 0.15) is 0 Å². The minimum absolute atomic E-state index is 0.988. The molecule has 2 saturated carbocycles. The molecule has 2 heteroatoms. The van der Waals surface area contributed by atoms with E-state index < -0.39 is 0 Å². The van der Waals surface area contributed by atoms with E-state index in [1.54, 1.807) is 0 Å². The lowest BCUT2D eigenvalue weighted by Crippen LogP contribution is -2.22. The molecule has 2 aliphatic carbocycles. The molecule has 17 heavy (non-hydrogen) atoms. The van der Waals surface area contributed by atoms with Crippen LogP contribution in [-0.4, -0.2) is 13.1 Å². The topological polar surface area (TPSA) is 3.24 Å². The second kappa shape index (κ2) is 3.68. The van der Waals surface area contributed by atoms with Crippen LogP contribution in [0.5, 0.6) is 0 Å². The van der Waals surface area contributed by atoms with E-state index >= 15 is 0 Å². The molecule has 0 spiro atoms. The molecule has 3 fully saturated rings. The summed E-state index contributed by atoms with van der Waals surface area (Å²) in [6.07, 6.45) is 4.54. The van der Waals surface area contributed by atoms with Crippen LogP contribution in [0.15, 0.2) is 29.2 Å². The number of hydrogen-bond acceptors (Lipinski definition) is 2. The van der Waals surface area contributed by atoms with Gasteiger partial charge in [0.15, 0.2) is 0 Å². The van der Waals surface area contributed by atoms with Crippen molar-refractivity contribution >= 4 is 18.3 Å². The molecule has 0 N–H and O–H groups in total. The average Bonchev–Trinajstić information content (AvgIpc) is 3.01. The van der Waals surface area contributed by atoms with Gasteiger partial charge in [-0.15, -0.1) is 12.6 Å². The molecule has 4 rings (SSSR count). The summed E-state index contributed by atoms with van der Waals surface area (Å²) in [5.41, 5.74) is 1.35. The predicted octanol–water partition coefficient (Wildman–Crippen LogP) is 3.46. The number of hydrogen-bond donors (Lipinski definition) is 1. The molecular formula is C15H19NS. The third-order valence-corrected chi connectivity index (χ3v) is 5.74. The zero-order chi connectivity index (χ0) is 11.4. The Morgan fingerprint density at radius 1 is 1.00 bits per heavy atom. The number of nitrogens with zero attached hydrogens (tertiary/aromatic N) is 1. The first-order valence-electron chi connectivity index (χ1n) is 6.86. The summed E-state index contributed by atoms with van der Waals surface area (Å²) in [6.45, 7) is 2.56. The van der Waals surface area contributed by atoms with E-state index in [4.69, 9.17) is 0 Å². The van der Waals surface area contributed by atoms with Gasteiger partial charge in [0.05, 0.1) is 5.69 Å². The monoisotopic (exact) mass is 245 g/mol. The fraction of sp³-hybridized carbons (Fsp3) is 0.600. The molecule has 1 saturated heterocycles. The first-order chi connectivity index (χ1) is 8.33. The van der Waals surface area contributed by atoms with E-state index in [1.807, 2.05) is 0 Å². The van der Waals surface area contributed by atoms with Gasteiger partial charge in [0.25, 0.3) is 0 Å². The van der Waals surface area contributed by atoms with Crippen molar-refractivity contribution < 1.29 is 0 Å². The van der Waals surface area contributed by atoms with Crippen molar-refractivity contribution in [3.63, 3.8) is 0 Å².